The van der Waals surface area contributed by atoms with Crippen LogP contribution in [0.5, 0.6) is 0 Å². The van der Waals surface area contributed by atoms with Gasteiger partial charge in [-0.15, -0.1) is 24.0 Å². The van der Waals surface area contributed by atoms with Crippen LogP contribution in [-0.4, -0.2) is 18.2 Å². The summed E-state index contributed by atoms with van der Waals surface area (Å²) in [5.74, 6) is 0.740. The molecule has 0 aliphatic heterocycles. The number of aromatic nitrogens is 1. The van der Waals surface area contributed by atoms with Gasteiger partial charge < -0.3 is 15.2 Å². The van der Waals surface area contributed by atoms with Crippen LogP contribution in [0.3, 0.4) is 0 Å². The van der Waals surface area contributed by atoms with Gasteiger partial charge in [-0.1, -0.05) is 29.4 Å². The Morgan fingerprint density at radius 3 is 2.71 bits per heavy atom. The van der Waals surface area contributed by atoms with Crippen molar-refractivity contribution in [1.29, 1.82) is 0 Å². The number of nitrogens with one attached hydrogen (secondary N) is 2. The summed E-state index contributed by atoms with van der Waals surface area (Å²) in [6.45, 7) is 4.81. The van der Waals surface area contributed by atoms with Crippen molar-refractivity contribution >= 4 is 29.9 Å². The fourth-order valence-corrected chi connectivity index (χ4v) is 2.05. The molecule has 2 N–H and O–H groups in total. The highest BCUT2D eigenvalue weighted by Crippen LogP contribution is 2.16. The van der Waals surface area contributed by atoms with Gasteiger partial charge in [0.1, 0.15) is 12.0 Å². The van der Waals surface area contributed by atoms with Gasteiger partial charge in [0, 0.05) is 13.1 Å². The average molecular weight is 400 g/mol. The van der Waals surface area contributed by atoms with Crippen molar-refractivity contribution in [2.24, 2.45) is 4.99 Å². The number of aliphatic imine (C=N–C) groups is 1. The maximum atomic E-state index is 4.80. The Hall–Kier alpha value is -1.57. The lowest BCUT2D eigenvalue weighted by molar-refractivity contribution is 0.410. The normalized spacial score (nSPS) is 12.4. The zero-order chi connectivity index (χ0) is 14.4. The van der Waals surface area contributed by atoms with Gasteiger partial charge in [-0.3, -0.25) is 4.99 Å². The van der Waals surface area contributed by atoms with E-state index in [9.17, 15) is 0 Å². The van der Waals surface area contributed by atoms with E-state index in [4.69, 9.17) is 4.52 Å². The Bertz CT molecular complexity index is 569. The molecule has 0 bridgehead atoms. The van der Waals surface area contributed by atoms with Crippen LogP contribution in [0.25, 0.3) is 0 Å². The van der Waals surface area contributed by atoms with Crippen molar-refractivity contribution in [1.82, 2.24) is 15.8 Å². The lowest BCUT2D eigenvalue weighted by Crippen LogP contribution is -2.38. The molecule has 0 spiro atoms. The Labute approximate surface area is 142 Å². The number of aryl methyl sites for hydroxylation is 1. The molecule has 1 heterocycles. The Morgan fingerprint density at radius 1 is 1.33 bits per heavy atom. The van der Waals surface area contributed by atoms with E-state index < -0.39 is 0 Å². The van der Waals surface area contributed by atoms with Crippen LogP contribution in [0, 0.1) is 6.92 Å². The number of guanidine groups is 1. The van der Waals surface area contributed by atoms with Gasteiger partial charge in [0.05, 0.1) is 12.6 Å². The average Bonchev–Trinajstić information content (AvgIpc) is 2.97. The van der Waals surface area contributed by atoms with E-state index in [2.05, 4.69) is 46.8 Å². The standard InChI is InChI=1S/C15H20N4O.HI/c1-11-6-4-5-7-14(11)12(2)18-15(16-3)17-10-13-8-9-20-19-13;/h4-9,12H,10H2,1-3H3,(H2,16,17,18);1H. The van der Waals surface area contributed by atoms with E-state index in [0.29, 0.717) is 6.54 Å². The summed E-state index contributed by atoms with van der Waals surface area (Å²) in [5, 5.41) is 10.4. The topological polar surface area (TPSA) is 62.5 Å². The summed E-state index contributed by atoms with van der Waals surface area (Å²) in [4.78, 5) is 4.22. The van der Waals surface area contributed by atoms with Crippen molar-refractivity contribution in [3.8, 4) is 0 Å². The number of benzene rings is 1. The fourth-order valence-electron chi connectivity index (χ4n) is 2.05. The van der Waals surface area contributed by atoms with Crippen LogP contribution in [0.4, 0.5) is 0 Å². The largest absolute Gasteiger partial charge is 0.364 e. The summed E-state index contributed by atoms with van der Waals surface area (Å²) in [7, 11) is 1.75. The van der Waals surface area contributed by atoms with Gasteiger partial charge in [-0.2, -0.15) is 0 Å². The van der Waals surface area contributed by atoms with Gasteiger partial charge in [0.15, 0.2) is 5.96 Å². The first-order valence-electron chi connectivity index (χ1n) is 6.62. The lowest BCUT2D eigenvalue weighted by Gasteiger charge is -2.19. The molecule has 0 aliphatic rings. The van der Waals surface area contributed by atoms with Gasteiger partial charge in [-0.25, -0.2) is 0 Å². The maximum absolute atomic E-state index is 4.80. The Morgan fingerprint density at radius 2 is 2.10 bits per heavy atom. The van der Waals surface area contributed by atoms with Crippen molar-refractivity contribution < 1.29 is 4.52 Å². The number of hydrogen-bond donors (Lipinski definition) is 2. The summed E-state index contributed by atoms with van der Waals surface area (Å²) in [5.41, 5.74) is 3.37. The van der Waals surface area contributed by atoms with Crippen LogP contribution in [0.1, 0.15) is 29.8 Å². The highest BCUT2D eigenvalue weighted by Gasteiger charge is 2.09. The minimum absolute atomic E-state index is 0. The minimum atomic E-state index is 0. The molecule has 114 valence electrons. The third-order valence-corrected chi connectivity index (χ3v) is 3.16. The van der Waals surface area contributed by atoms with Crippen LogP contribution in [-0.2, 0) is 6.54 Å². The van der Waals surface area contributed by atoms with E-state index in [1.54, 1.807) is 13.3 Å². The second-order valence-corrected chi connectivity index (χ2v) is 4.64. The quantitative estimate of drug-likeness (QED) is 0.471. The second-order valence-electron chi connectivity index (χ2n) is 4.64. The molecule has 0 radical (unpaired) electrons. The van der Waals surface area contributed by atoms with E-state index in [0.717, 1.165) is 11.7 Å². The third-order valence-electron chi connectivity index (χ3n) is 3.16. The fraction of sp³-hybridized carbons (Fsp3) is 0.333. The van der Waals surface area contributed by atoms with E-state index in [1.165, 1.54) is 11.1 Å². The molecule has 0 aliphatic carbocycles. The molecule has 0 saturated heterocycles. The predicted molar refractivity (Wildman–Crippen MR) is 94.8 cm³/mol. The monoisotopic (exact) mass is 400 g/mol. The smallest absolute Gasteiger partial charge is 0.191 e. The van der Waals surface area contributed by atoms with Crippen LogP contribution in [0.15, 0.2) is 46.1 Å². The number of rotatable bonds is 4. The van der Waals surface area contributed by atoms with Crippen LogP contribution < -0.4 is 10.6 Å². The summed E-state index contributed by atoms with van der Waals surface area (Å²) in [6.07, 6.45) is 1.56. The van der Waals surface area contributed by atoms with Gasteiger partial charge in [-0.05, 0) is 25.0 Å². The molecule has 1 aromatic carbocycles. The lowest BCUT2D eigenvalue weighted by atomic mass is 10.0. The molecule has 0 amide bonds. The molecule has 0 fully saturated rings. The molecular weight excluding hydrogens is 379 g/mol. The summed E-state index contributed by atoms with van der Waals surface area (Å²) < 4.78 is 4.80. The predicted octanol–water partition coefficient (Wildman–Crippen LogP) is 3.03. The molecule has 0 saturated carbocycles. The maximum Gasteiger partial charge on any atom is 0.191 e. The summed E-state index contributed by atoms with van der Waals surface area (Å²) >= 11 is 0. The second kappa shape index (κ2) is 8.66. The Kier molecular flexibility index (Phi) is 7.21. The molecule has 1 unspecified atom stereocenters. The Balaban J connectivity index is 0.00000220. The third kappa shape index (κ3) is 5.04. The van der Waals surface area contributed by atoms with Gasteiger partial charge in [0.2, 0.25) is 0 Å². The van der Waals surface area contributed by atoms with Crippen molar-refractivity contribution in [2.75, 3.05) is 7.05 Å². The summed E-state index contributed by atoms with van der Waals surface area (Å²) in [6, 6.07) is 10.3. The van der Waals surface area contributed by atoms with Gasteiger partial charge >= 0.3 is 0 Å². The molecule has 2 rings (SSSR count). The minimum Gasteiger partial charge on any atom is -0.364 e. The van der Waals surface area contributed by atoms with Crippen molar-refractivity contribution in [3.63, 3.8) is 0 Å². The zero-order valence-corrected chi connectivity index (χ0v) is 14.8. The molecule has 6 heteroatoms. The van der Waals surface area contributed by atoms with Crippen molar-refractivity contribution in [3.05, 3.63) is 53.4 Å². The highest BCUT2D eigenvalue weighted by atomic mass is 127. The molecular formula is C15H21IN4O. The zero-order valence-electron chi connectivity index (χ0n) is 12.5. The first-order valence-corrected chi connectivity index (χ1v) is 6.62. The van der Waals surface area contributed by atoms with E-state index in [-0.39, 0.29) is 30.0 Å². The molecule has 1 aromatic heterocycles. The van der Waals surface area contributed by atoms with Crippen molar-refractivity contribution in [2.45, 2.75) is 26.4 Å². The van der Waals surface area contributed by atoms with Crippen LogP contribution in [0.2, 0.25) is 0 Å². The first kappa shape index (κ1) is 17.5. The SMILES string of the molecule is CN=C(NCc1ccon1)NC(C)c1ccccc1C.I. The van der Waals surface area contributed by atoms with Crippen LogP contribution >= 0.6 is 24.0 Å². The number of hydrogen-bond acceptors (Lipinski definition) is 3. The van der Waals surface area contributed by atoms with E-state index >= 15 is 0 Å². The molecule has 1 atom stereocenters. The number of nitrogens with zero attached hydrogens (tertiary/aromatic N) is 2. The van der Waals surface area contributed by atoms with E-state index in [1.807, 2.05) is 18.2 Å². The number of halogens is 1. The molecule has 2 aromatic rings. The highest BCUT2D eigenvalue weighted by molar-refractivity contribution is 14.0. The molecule has 21 heavy (non-hydrogen) atoms. The first-order chi connectivity index (χ1) is 9.70. The van der Waals surface area contributed by atoms with Gasteiger partial charge in [0.25, 0.3) is 0 Å². The molecule has 5 nitrogen and oxygen atoms in total.